The molecule has 1 atom stereocenters. The standard InChI is InChI=1S/C22H33N3O4/c1-21(2,3)29-20(27)25-11-9-22(10-12-25)16-23-13-18(22)14-24-19(26)28-15-17-7-5-4-6-8-17/h4-8,18,23H,9-16H2,1-3H3,(H,24,26). The fourth-order valence-corrected chi connectivity index (χ4v) is 4.17. The van der Waals surface area contributed by atoms with E-state index >= 15 is 0 Å². The molecule has 7 nitrogen and oxygen atoms in total. The highest BCUT2D eigenvalue weighted by atomic mass is 16.6. The number of piperidine rings is 1. The van der Waals surface area contributed by atoms with Crippen LogP contribution in [-0.4, -0.2) is 55.4 Å². The zero-order chi connectivity index (χ0) is 20.9. The molecule has 2 saturated heterocycles. The van der Waals surface area contributed by atoms with Gasteiger partial charge in [-0.05, 0) is 50.5 Å². The molecule has 1 aromatic rings. The van der Waals surface area contributed by atoms with Crippen molar-refractivity contribution in [1.29, 1.82) is 0 Å². The number of rotatable bonds is 4. The maximum Gasteiger partial charge on any atom is 0.410 e. The lowest BCUT2D eigenvalue weighted by Gasteiger charge is -2.42. The predicted octanol–water partition coefficient (Wildman–Crippen LogP) is 3.15. The summed E-state index contributed by atoms with van der Waals surface area (Å²) in [6, 6.07) is 9.65. The van der Waals surface area contributed by atoms with Crippen molar-refractivity contribution < 1.29 is 19.1 Å². The van der Waals surface area contributed by atoms with Crippen LogP contribution in [0.3, 0.4) is 0 Å². The second kappa shape index (κ2) is 9.03. The molecule has 0 aromatic heterocycles. The summed E-state index contributed by atoms with van der Waals surface area (Å²) in [5.41, 5.74) is 0.593. The minimum absolute atomic E-state index is 0.102. The molecule has 3 rings (SSSR count). The number of nitrogens with zero attached hydrogens (tertiary/aromatic N) is 1. The van der Waals surface area contributed by atoms with E-state index in [0.717, 1.165) is 31.5 Å². The highest BCUT2D eigenvalue weighted by Gasteiger charge is 2.45. The Bertz CT molecular complexity index is 694. The van der Waals surface area contributed by atoms with Gasteiger partial charge >= 0.3 is 12.2 Å². The van der Waals surface area contributed by atoms with E-state index in [1.807, 2.05) is 51.1 Å². The van der Waals surface area contributed by atoms with Gasteiger partial charge < -0.3 is 25.0 Å². The van der Waals surface area contributed by atoms with E-state index in [0.29, 0.717) is 25.6 Å². The van der Waals surface area contributed by atoms with Gasteiger partial charge in [-0.2, -0.15) is 0 Å². The third-order valence-electron chi connectivity index (χ3n) is 5.85. The Kier molecular flexibility index (Phi) is 6.67. The summed E-state index contributed by atoms with van der Waals surface area (Å²) in [5.74, 6) is 0.326. The van der Waals surface area contributed by atoms with Crippen molar-refractivity contribution in [3.8, 4) is 0 Å². The average Bonchev–Trinajstić information content (AvgIpc) is 3.06. The molecular formula is C22H33N3O4. The van der Waals surface area contributed by atoms with E-state index in [1.54, 1.807) is 4.90 Å². The van der Waals surface area contributed by atoms with Crippen molar-refractivity contribution in [1.82, 2.24) is 15.5 Å². The summed E-state index contributed by atoms with van der Waals surface area (Å²) in [6.45, 7) is 9.66. The van der Waals surface area contributed by atoms with Gasteiger partial charge in [-0.1, -0.05) is 30.3 Å². The number of carbonyl (C=O) groups is 2. The Balaban J connectivity index is 1.45. The Morgan fingerprint density at radius 3 is 2.55 bits per heavy atom. The Labute approximate surface area is 173 Å². The molecule has 1 spiro atoms. The van der Waals surface area contributed by atoms with Crippen molar-refractivity contribution in [3.63, 3.8) is 0 Å². The minimum atomic E-state index is -0.478. The molecule has 2 aliphatic rings. The number of likely N-dealkylation sites (tertiary alicyclic amines) is 1. The van der Waals surface area contributed by atoms with Crippen LogP contribution in [0, 0.1) is 11.3 Å². The SMILES string of the molecule is CC(C)(C)OC(=O)N1CCC2(CC1)CNCC2CNC(=O)OCc1ccccc1. The van der Waals surface area contributed by atoms with E-state index < -0.39 is 5.60 Å². The summed E-state index contributed by atoms with van der Waals surface area (Å²) in [5, 5.41) is 6.40. The van der Waals surface area contributed by atoms with Crippen molar-refractivity contribution in [2.75, 3.05) is 32.7 Å². The number of ether oxygens (including phenoxy) is 2. The Morgan fingerprint density at radius 1 is 1.21 bits per heavy atom. The molecule has 0 bridgehead atoms. The fourth-order valence-electron chi connectivity index (χ4n) is 4.17. The molecule has 2 heterocycles. The molecule has 2 fully saturated rings. The van der Waals surface area contributed by atoms with E-state index in [4.69, 9.17) is 9.47 Å². The molecular weight excluding hydrogens is 370 g/mol. The summed E-state index contributed by atoms with van der Waals surface area (Å²) >= 11 is 0. The second-order valence-corrected chi connectivity index (χ2v) is 9.10. The number of nitrogens with one attached hydrogen (secondary N) is 2. The summed E-state index contributed by atoms with van der Waals surface area (Å²) in [6.07, 6.45) is 1.19. The van der Waals surface area contributed by atoms with Crippen LogP contribution < -0.4 is 10.6 Å². The Hall–Kier alpha value is -2.28. The third-order valence-corrected chi connectivity index (χ3v) is 5.85. The lowest BCUT2D eigenvalue weighted by atomic mass is 9.71. The first-order chi connectivity index (χ1) is 13.8. The predicted molar refractivity (Wildman–Crippen MR) is 110 cm³/mol. The summed E-state index contributed by atoms with van der Waals surface area (Å²) < 4.78 is 10.8. The van der Waals surface area contributed by atoms with Crippen LogP contribution in [0.4, 0.5) is 9.59 Å². The number of benzene rings is 1. The number of alkyl carbamates (subject to hydrolysis) is 1. The van der Waals surface area contributed by atoms with Gasteiger partial charge in [0.1, 0.15) is 12.2 Å². The fraction of sp³-hybridized carbons (Fsp3) is 0.636. The van der Waals surface area contributed by atoms with E-state index in [1.165, 1.54) is 0 Å². The first-order valence-electron chi connectivity index (χ1n) is 10.4. The molecule has 0 aliphatic carbocycles. The molecule has 29 heavy (non-hydrogen) atoms. The number of hydrogen-bond acceptors (Lipinski definition) is 5. The van der Waals surface area contributed by atoms with E-state index in [9.17, 15) is 9.59 Å². The van der Waals surface area contributed by atoms with Gasteiger partial charge in [0, 0.05) is 32.7 Å². The highest BCUT2D eigenvalue weighted by Crippen LogP contribution is 2.41. The topological polar surface area (TPSA) is 79.9 Å². The van der Waals surface area contributed by atoms with Gasteiger partial charge in [-0.3, -0.25) is 0 Å². The molecule has 1 unspecified atom stereocenters. The zero-order valence-electron chi connectivity index (χ0n) is 17.7. The van der Waals surface area contributed by atoms with Gasteiger partial charge in [0.15, 0.2) is 0 Å². The molecule has 0 radical (unpaired) electrons. The van der Waals surface area contributed by atoms with Crippen LogP contribution in [0.25, 0.3) is 0 Å². The summed E-state index contributed by atoms with van der Waals surface area (Å²) in [4.78, 5) is 26.2. The van der Waals surface area contributed by atoms with Crippen LogP contribution in [0.15, 0.2) is 30.3 Å². The lowest BCUT2D eigenvalue weighted by Crippen LogP contribution is -2.49. The van der Waals surface area contributed by atoms with Crippen LogP contribution in [0.1, 0.15) is 39.2 Å². The van der Waals surface area contributed by atoms with E-state index in [-0.39, 0.29) is 24.2 Å². The van der Waals surface area contributed by atoms with Crippen LogP contribution in [0.5, 0.6) is 0 Å². The molecule has 160 valence electrons. The number of amides is 2. The van der Waals surface area contributed by atoms with Crippen LogP contribution >= 0.6 is 0 Å². The third kappa shape index (κ3) is 5.85. The Morgan fingerprint density at radius 2 is 1.90 bits per heavy atom. The number of hydrogen-bond donors (Lipinski definition) is 2. The van der Waals surface area contributed by atoms with Crippen molar-refractivity contribution in [3.05, 3.63) is 35.9 Å². The first-order valence-corrected chi connectivity index (χ1v) is 10.4. The van der Waals surface area contributed by atoms with Crippen LogP contribution in [-0.2, 0) is 16.1 Å². The molecule has 0 saturated carbocycles. The second-order valence-electron chi connectivity index (χ2n) is 9.10. The monoisotopic (exact) mass is 403 g/mol. The van der Waals surface area contributed by atoms with Gasteiger partial charge in [0.25, 0.3) is 0 Å². The van der Waals surface area contributed by atoms with Gasteiger partial charge in [-0.15, -0.1) is 0 Å². The van der Waals surface area contributed by atoms with Gasteiger partial charge in [0.05, 0.1) is 0 Å². The number of carbonyl (C=O) groups excluding carboxylic acids is 2. The van der Waals surface area contributed by atoms with Crippen molar-refractivity contribution >= 4 is 12.2 Å². The molecule has 7 heteroatoms. The normalized spacial score (nSPS) is 21.1. The maximum absolute atomic E-state index is 12.3. The lowest BCUT2D eigenvalue weighted by molar-refractivity contribution is 0.00686. The molecule has 1 aromatic carbocycles. The zero-order valence-corrected chi connectivity index (χ0v) is 17.7. The first kappa shape index (κ1) is 21.4. The van der Waals surface area contributed by atoms with Gasteiger partial charge in [0.2, 0.25) is 0 Å². The quantitative estimate of drug-likeness (QED) is 0.807. The molecule has 2 aliphatic heterocycles. The minimum Gasteiger partial charge on any atom is -0.445 e. The molecule has 2 amide bonds. The highest BCUT2D eigenvalue weighted by molar-refractivity contribution is 5.68. The van der Waals surface area contributed by atoms with Crippen molar-refractivity contribution in [2.24, 2.45) is 11.3 Å². The van der Waals surface area contributed by atoms with E-state index in [2.05, 4.69) is 10.6 Å². The van der Waals surface area contributed by atoms with Crippen LogP contribution in [0.2, 0.25) is 0 Å². The average molecular weight is 404 g/mol. The van der Waals surface area contributed by atoms with Gasteiger partial charge in [-0.25, -0.2) is 9.59 Å². The molecule has 2 N–H and O–H groups in total. The summed E-state index contributed by atoms with van der Waals surface area (Å²) in [7, 11) is 0. The largest absolute Gasteiger partial charge is 0.445 e. The maximum atomic E-state index is 12.3. The smallest absolute Gasteiger partial charge is 0.410 e. The van der Waals surface area contributed by atoms with Crippen molar-refractivity contribution in [2.45, 2.75) is 45.8 Å².